The smallest absolute Gasteiger partial charge is 0.357 e. The van der Waals surface area contributed by atoms with Crippen LogP contribution in [-0.2, 0) is 16.0 Å². The van der Waals surface area contributed by atoms with Gasteiger partial charge in [-0.1, -0.05) is 41.4 Å². The fourth-order valence-electron chi connectivity index (χ4n) is 2.95. The minimum atomic E-state index is -0.610. The van der Waals surface area contributed by atoms with Gasteiger partial charge in [0.1, 0.15) is 11.0 Å². The van der Waals surface area contributed by atoms with Crippen molar-refractivity contribution in [3.63, 3.8) is 0 Å². The van der Waals surface area contributed by atoms with Crippen LogP contribution in [0.3, 0.4) is 0 Å². The van der Waals surface area contributed by atoms with Crippen LogP contribution in [0.2, 0.25) is 5.15 Å². The van der Waals surface area contributed by atoms with Crippen molar-refractivity contribution in [1.82, 2.24) is 4.57 Å². The van der Waals surface area contributed by atoms with Crippen molar-refractivity contribution in [2.45, 2.75) is 20.3 Å². The summed E-state index contributed by atoms with van der Waals surface area (Å²) in [5.41, 5.74) is 2.58. The Bertz CT molecular complexity index is 1040. The lowest BCUT2D eigenvalue weighted by atomic mass is 10.1. The fraction of sp³-hybridized carbons (Fsp3) is 0.182. The predicted octanol–water partition coefficient (Wildman–Crippen LogP) is 4.94. The number of nitrogens with zero attached hydrogens (tertiary/aromatic N) is 1. The lowest BCUT2D eigenvalue weighted by molar-refractivity contribution is -0.115. The highest BCUT2D eigenvalue weighted by atomic mass is 35.5. The van der Waals surface area contributed by atoms with Gasteiger partial charge in [0.25, 0.3) is 0 Å². The van der Waals surface area contributed by atoms with E-state index in [9.17, 15) is 14.0 Å². The third-order valence-electron chi connectivity index (χ3n) is 4.24. The van der Waals surface area contributed by atoms with E-state index >= 15 is 0 Å². The van der Waals surface area contributed by atoms with Gasteiger partial charge in [-0.15, -0.1) is 0 Å². The minimum Gasteiger partial charge on any atom is -0.461 e. The summed E-state index contributed by atoms with van der Waals surface area (Å²) >= 11 is 6.39. The molecule has 2 aromatic carbocycles. The van der Waals surface area contributed by atoms with Crippen LogP contribution in [0, 0.1) is 12.7 Å². The maximum absolute atomic E-state index is 13.4. The Morgan fingerprint density at radius 1 is 1.14 bits per heavy atom. The first-order valence-electron chi connectivity index (χ1n) is 9.08. The summed E-state index contributed by atoms with van der Waals surface area (Å²) in [4.78, 5) is 25.1. The molecular formula is C22H20ClFN2O3. The Labute approximate surface area is 173 Å². The molecule has 0 bridgehead atoms. The van der Waals surface area contributed by atoms with E-state index in [0.717, 1.165) is 5.56 Å². The van der Waals surface area contributed by atoms with Crippen LogP contribution in [0.15, 0.2) is 54.6 Å². The number of hydrogen-bond donors (Lipinski definition) is 1. The van der Waals surface area contributed by atoms with Crippen LogP contribution in [0.25, 0.3) is 5.69 Å². The fourth-order valence-corrected chi connectivity index (χ4v) is 3.24. The zero-order chi connectivity index (χ0) is 21.0. The number of ether oxygens (including phenoxy) is 1. The van der Waals surface area contributed by atoms with Gasteiger partial charge in [0.05, 0.1) is 18.7 Å². The summed E-state index contributed by atoms with van der Waals surface area (Å²) in [5, 5.41) is 2.94. The molecule has 3 rings (SSSR count). The number of rotatable bonds is 6. The largest absolute Gasteiger partial charge is 0.461 e. The van der Waals surface area contributed by atoms with E-state index in [2.05, 4.69) is 5.32 Å². The molecule has 1 heterocycles. The van der Waals surface area contributed by atoms with Gasteiger partial charge in [-0.3, -0.25) is 9.36 Å². The Kier molecular flexibility index (Phi) is 6.34. The first kappa shape index (κ1) is 20.6. The highest BCUT2D eigenvalue weighted by molar-refractivity contribution is 6.31. The predicted molar refractivity (Wildman–Crippen MR) is 110 cm³/mol. The van der Waals surface area contributed by atoms with Crippen molar-refractivity contribution in [2.24, 2.45) is 0 Å². The number of benzene rings is 2. The molecule has 0 spiro atoms. The molecule has 0 atom stereocenters. The number of aryl methyl sites for hydroxylation is 1. The molecule has 0 saturated carbocycles. The Balaban J connectivity index is 1.95. The first-order chi connectivity index (χ1) is 13.9. The van der Waals surface area contributed by atoms with Gasteiger partial charge in [-0.05, 0) is 49.7 Å². The summed E-state index contributed by atoms with van der Waals surface area (Å²) in [6, 6.07) is 14.7. The molecule has 0 fully saturated rings. The van der Waals surface area contributed by atoms with Gasteiger partial charge < -0.3 is 10.1 Å². The van der Waals surface area contributed by atoms with Crippen molar-refractivity contribution in [1.29, 1.82) is 0 Å². The van der Waals surface area contributed by atoms with Gasteiger partial charge >= 0.3 is 5.97 Å². The maximum Gasteiger partial charge on any atom is 0.357 e. The number of anilines is 1. The van der Waals surface area contributed by atoms with Crippen LogP contribution >= 0.6 is 11.6 Å². The van der Waals surface area contributed by atoms with Crippen LogP contribution < -0.4 is 5.32 Å². The lowest BCUT2D eigenvalue weighted by Crippen LogP contribution is -2.18. The van der Waals surface area contributed by atoms with Crippen molar-refractivity contribution in [3.8, 4) is 5.69 Å². The molecule has 3 aromatic rings. The van der Waals surface area contributed by atoms with Crippen molar-refractivity contribution >= 4 is 29.2 Å². The average molecular weight is 415 g/mol. The van der Waals surface area contributed by atoms with Crippen molar-refractivity contribution < 1.29 is 18.7 Å². The second kappa shape index (κ2) is 8.92. The Morgan fingerprint density at radius 3 is 2.52 bits per heavy atom. The second-order valence-electron chi connectivity index (χ2n) is 6.48. The number of halogens is 2. The number of hydrogen-bond acceptors (Lipinski definition) is 3. The zero-order valence-corrected chi connectivity index (χ0v) is 16.8. The lowest BCUT2D eigenvalue weighted by Gasteiger charge is -2.12. The van der Waals surface area contributed by atoms with E-state index in [1.165, 1.54) is 28.8 Å². The zero-order valence-electron chi connectivity index (χ0n) is 16.0. The summed E-state index contributed by atoms with van der Waals surface area (Å²) in [6.07, 6.45) is -0.0483. The van der Waals surface area contributed by atoms with E-state index in [1.54, 1.807) is 13.0 Å². The van der Waals surface area contributed by atoms with Crippen LogP contribution in [-0.4, -0.2) is 23.1 Å². The number of amides is 1. The van der Waals surface area contributed by atoms with Gasteiger partial charge in [0.15, 0.2) is 5.69 Å². The summed E-state index contributed by atoms with van der Waals surface area (Å²) < 4.78 is 20.0. The normalized spacial score (nSPS) is 10.6. The topological polar surface area (TPSA) is 60.3 Å². The standard InChI is InChI=1S/C22H20ClFN2O3/c1-3-29-22(28)21-18(25-20(27)12-15-5-4-6-16(24)11-15)13-19(23)26(21)17-9-7-14(2)8-10-17/h4-11,13H,3,12H2,1-2H3,(H,25,27). The monoisotopic (exact) mass is 414 g/mol. The minimum absolute atomic E-state index is 0.0483. The highest BCUT2D eigenvalue weighted by Crippen LogP contribution is 2.30. The average Bonchev–Trinajstić information content (AvgIpc) is 2.98. The molecule has 0 aliphatic heterocycles. The number of carbonyl (C=O) groups is 2. The van der Waals surface area contributed by atoms with Gasteiger partial charge in [0, 0.05) is 5.69 Å². The Morgan fingerprint density at radius 2 is 1.86 bits per heavy atom. The summed E-state index contributed by atoms with van der Waals surface area (Å²) in [5.74, 6) is -1.43. The molecular weight excluding hydrogens is 395 g/mol. The van der Waals surface area contributed by atoms with E-state index in [-0.39, 0.29) is 29.6 Å². The molecule has 29 heavy (non-hydrogen) atoms. The number of esters is 1. The third-order valence-corrected chi connectivity index (χ3v) is 4.52. The van der Waals surface area contributed by atoms with Gasteiger partial charge in [-0.2, -0.15) is 0 Å². The van der Waals surface area contributed by atoms with E-state index in [0.29, 0.717) is 11.3 Å². The molecule has 0 saturated heterocycles. The molecule has 1 aromatic heterocycles. The van der Waals surface area contributed by atoms with Crippen LogP contribution in [0.5, 0.6) is 0 Å². The highest BCUT2D eigenvalue weighted by Gasteiger charge is 2.24. The van der Waals surface area contributed by atoms with E-state index < -0.39 is 17.7 Å². The maximum atomic E-state index is 13.4. The molecule has 150 valence electrons. The molecule has 1 amide bonds. The molecule has 7 heteroatoms. The second-order valence-corrected chi connectivity index (χ2v) is 6.86. The van der Waals surface area contributed by atoms with Gasteiger partial charge in [-0.25, -0.2) is 9.18 Å². The molecule has 0 aliphatic rings. The molecule has 5 nitrogen and oxygen atoms in total. The SMILES string of the molecule is CCOC(=O)c1c(NC(=O)Cc2cccc(F)c2)cc(Cl)n1-c1ccc(C)cc1. The number of nitrogens with one attached hydrogen (secondary N) is 1. The van der Waals surface area contributed by atoms with E-state index in [4.69, 9.17) is 16.3 Å². The molecule has 1 N–H and O–H groups in total. The first-order valence-corrected chi connectivity index (χ1v) is 9.46. The number of aromatic nitrogens is 1. The molecule has 0 radical (unpaired) electrons. The summed E-state index contributed by atoms with van der Waals surface area (Å²) in [6.45, 7) is 3.82. The van der Waals surface area contributed by atoms with Crippen molar-refractivity contribution in [3.05, 3.63) is 82.4 Å². The molecule has 0 aliphatic carbocycles. The van der Waals surface area contributed by atoms with E-state index in [1.807, 2.05) is 31.2 Å². The van der Waals surface area contributed by atoms with Crippen molar-refractivity contribution in [2.75, 3.05) is 11.9 Å². The van der Waals surface area contributed by atoms with Crippen LogP contribution in [0.4, 0.5) is 10.1 Å². The van der Waals surface area contributed by atoms with Crippen LogP contribution in [0.1, 0.15) is 28.5 Å². The third kappa shape index (κ3) is 4.84. The summed E-state index contributed by atoms with van der Waals surface area (Å²) in [7, 11) is 0. The number of carbonyl (C=O) groups excluding carboxylic acids is 2. The Hall–Kier alpha value is -3.12. The quantitative estimate of drug-likeness (QED) is 0.581. The van der Waals surface area contributed by atoms with Gasteiger partial charge in [0.2, 0.25) is 5.91 Å². The molecule has 0 unspecified atom stereocenters.